The first-order chi connectivity index (χ1) is 12.6. The fourth-order valence-electron chi connectivity index (χ4n) is 2.95. The minimum Gasteiger partial charge on any atom is -0.471 e. The van der Waals surface area contributed by atoms with Gasteiger partial charge in [0.2, 0.25) is 11.8 Å². The van der Waals surface area contributed by atoms with Crippen molar-refractivity contribution >= 4 is 57.1 Å². The van der Waals surface area contributed by atoms with Crippen LogP contribution in [0.1, 0.15) is 18.4 Å². The minimum absolute atomic E-state index is 0. The molecule has 6 nitrogen and oxygen atoms in total. The second kappa shape index (κ2) is 8.52. The molecule has 1 aliphatic rings. The second-order valence-corrected chi connectivity index (χ2v) is 7.70. The molecule has 4 rings (SSSR count). The molecule has 1 atom stereocenters. The first-order valence-electron chi connectivity index (χ1n) is 8.32. The van der Waals surface area contributed by atoms with E-state index in [0.29, 0.717) is 22.4 Å². The molecule has 0 bridgehead atoms. The molecule has 0 spiro atoms. The summed E-state index contributed by atoms with van der Waals surface area (Å²) in [6.45, 7) is 3.61. The molecule has 1 saturated heterocycles. The van der Waals surface area contributed by atoms with Crippen molar-refractivity contribution in [2.24, 2.45) is 0 Å². The average molecular weight is 430 g/mol. The number of aromatic nitrogens is 3. The summed E-state index contributed by atoms with van der Waals surface area (Å²) in [5.74, 6) is 0.233. The van der Waals surface area contributed by atoms with Crippen LogP contribution in [0.5, 0.6) is 5.88 Å². The van der Waals surface area contributed by atoms with Gasteiger partial charge in [-0.3, -0.25) is 0 Å². The highest BCUT2D eigenvalue weighted by atomic mass is 35.5. The van der Waals surface area contributed by atoms with Gasteiger partial charge < -0.3 is 15.4 Å². The monoisotopic (exact) mass is 429 g/mol. The van der Waals surface area contributed by atoms with Crippen LogP contribution >= 0.6 is 35.3 Å². The van der Waals surface area contributed by atoms with E-state index in [2.05, 4.69) is 25.6 Å². The van der Waals surface area contributed by atoms with Gasteiger partial charge in [0.1, 0.15) is 28.8 Å². The molecule has 0 saturated carbocycles. The highest BCUT2D eigenvalue weighted by Crippen LogP contribution is 2.38. The molecular weight excluding hydrogens is 412 g/mol. The van der Waals surface area contributed by atoms with Crippen LogP contribution in [0.25, 0.3) is 10.2 Å². The molecule has 0 amide bonds. The van der Waals surface area contributed by atoms with Crippen LogP contribution in [0.15, 0.2) is 18.5 Å². The first-order valence-corrected chi connectivity index (χ1v) is 9.52. The molecule has 4 heterocycles. The summed E-state index contributed by atoms with van der Waals surface area (Å²) in [4.78, 5) is 13.3. The van der Waals surface area contributed by atoms with Gasteiger partial charge in [-0.15, -0.1) is 23.7 Å². The van der Waals surface area contributed by atoms with Crippen molar-refractivity contribution < 1.29 is 9.13 Å². The van der Waals surface area contributed by atoms with Crippen LogP contribution in [0.4, 0.5) is 15.9 Å². The maximum absolute atomic E-state index is 13.7. The van der Waals surface area contributed by atoms with Crippen LogP contribution in [-0.2, 0) is 0 Å². The SMILES string of the molecule is Cc1c(Cl)sc2ncnc(Nc3ccc(F)nc3O[C@@H]3CCCNC3)c12.Cl. The predicted octanol–water partition coefficient (Wildman–Crippen LogP) is 4.48. The molecule has 144 valence electrons. The van der Waals surface area contributed by atoms with E-state index in [9.17, 15) is 4.39 Å². The maximum Gasteiger partial charge on any atom is 0.240 e. The Labute approximate surface area is 170 Å². The lowest BCUT2D eigenvalue weighted by Crippen LogP contribution is -2.37. The maximum atomic E-state index is 13.7. The summed E-state index contributed by atoms with van der Waals surface area (Å²) in [6.07, 6.45) is 3.35. The fraction of sp³-hybridized carbons (Fsp3) is 0.353. The van der Waals surface area contributed by atoms with E-state index >= 15 is 0 Å². The van der Waals surface area contributed by atoms with Gasteiger partial charge in [-0.1, -0.05) is 11.6 Å². The Balaban J connectivity index is 0.00000210. The van der Waals surface area contributed by atoms with Gasteiger partial charge in [0.25, 0.3) is 0 Å². The minimum atomic E-state index is -0.586. The fourth-order valence-corrected chi connectivity index (χ4v) is 4.14. The number of hydrogen-bond donors (Lipinski definition) is 2. The zero-order valence-corrected chi connectivity index (χ0v) is 16.8. The number of fused-ring (bicyclic) bond motifs is 1. The number of aryl methyl sites for hydroxylation is 1. The molecular formula is C17H18Cl2FN5OS. The third-order valence-electron chi connectivity index (χ3n) is 4.28. The Hall–Kier alpha value is -1.74. The van der Waals surface area contributed by atoms with Crippen molar-refractivity contribution in [3.05, 3.63) is 34.3 Å². The molecule has 0 aliphatic carbocycles. The number of pyridine rings is 1. The van der Waals surface area contributed by atoms with E-state index in [1.807, 2.05) is 6.92 Å². The van der Waals surface area contributed by atoms with Crippen molar-refractivity contribution in [1.29, 1.82) is 0 Å². The molecule has 10 heteroatoms. The highest BCUT2D eigenvalue weighted by molar-refractivity contribution is 7.22. The average Bonchev–Trinajstić information content (AvgIpc) is 2.93. The van der Waals surface area contributed by atoms with E-state index in [1.165, 1.54) is 23.7 Å². The molecule has 0 radical (unpaired) electrons. The number of rotatable bonds is 4. The molecule has 3 aromatic heterocycles. The lowest BCUT2D eigenvalue weighted by Gasteiger charge is -2.24. The van der Waals surface area contributed by atoms with E-state index < -0.39 is 5.95 Å². The molecule has 2 N–H and O–H groups in total. The number of nitrogens with one attached hydrogen (secondary N) is 2. The zero-order valence-electron chi connectivity index (χ0n) is 14.5. The van der Waals surface area contributed by atoms with Crippen LogP contribution in [0, 0.1) is 12.9 Å². The van der Waals surface area contributed by atoms with Crippen molar-refractivity contribution in [1.82, 2.24) is 20.3 Å². The van der Waals surface area contributed by atoms with Gasteiger partial charge in [-0.2, -0.15) is 9.37 Å². The van der Waals surface area contributed by atoms with Crippen LogP contribution in [0.3, 0.4) is 0 Å². The van der Waals surface area contributed by atoms with Gasteiger partial charge in [0.15, 0.2) is 0 Å². The molecule has 1 aliphatic heterocycles. The first kappa shape index (κ1) is 20.0. The Morgan fingerprint density at radius 2 is 2.22 bits per heavy atom. The van der Waals surface area contributed by atoms with Gasteiger partial charge >= 0.3 is 0 Å². The summed E-state index contributed by atoms with van der Waals surface area (Å²) in [5.41, 5.74) is 1.46. The van der Waals surface area contributed by atoms with Crippen molar-refractivity contribution in [3.63, 3.8) is 0 Å². The Kier molecular flexibility index (Phi) is 6.31. The zero-order chi connectivity index (χ0) is 18.1. The van der Waals surface area contributed by atoms with E-state index in [1.54, 1.807) is 6.07 Å². The molecule has 1 fully saturated rings. The van der Waals surface area contributed by atoms with E-state index in [4.69, 9.17) is 16.3 Å². The largest absolute Gasteiger partial charge is 0.471 e. The van der Waals surface area contributed by atoms with Gasteiger partial charge in [-0.05, 0) is 44.0 Å². The third-order valence-corrected chi connectivity index (χ3v) is 5.78. The van der Waals surface area contributed by atoms with Crippen LogP contribution in [-0.4, -0.2) is 34.1 Å². The molecule has 3 aromatic rings. The van der Waals surface area contributed by atoms with E-state index in [-0.39, 0.29) is 24.4 Å². The van der Waals surface area contributed by atoms with Gasteiger partial charge in [-0.25, -0.2) is 9.97 Å². The summed E-state index contributed by atoms with van der Waals surface area (Å²) >= 11 is 7.64. The Morgan fingerprint density at radius 3 is 3.00 bits per heavy atom. The normalized spacial score (nSPS) is 16.8. The second-order valence-electron chi connectivity index (χ2n) is 6.10. The van der Waals surface area contributed by atoms with Gasteiger partial charge in [0, 0.05) is 6.54 Å². The molecule has 0 unspecified atom stereocenters. The topological polar surface area (TPSA) is 72.0 Å². The summed E-state index contributed by atoms with van der Waals surface area (Å²) in [6, 6.07) is 2.89. The standard InChI is InChI=1S/C17H17ClFN5OS.ClH/c1-9-13-15(21-8-22-17(13)26-14(9)18)23-11-4-5-12(19)24-16(11)25-10-3-2-6-20-7-10;/h4-5,8,10,20H,2-3,6-7H2,1H3,(H,21,22,23);1H/t10-;/m1./s1. The van der Waals surface area contributed by atoms with Crippen molar-refractivity contribution in [2.45, 2.75) is 25.9 Å². The highest BCUT2D eigenvalue weighted by Gasteiger charge is 2.19. The molecule has 27 heavy (non-hydrogen) atoms. The Morgan fingerprint density at radius 1 is 1.37 bits per heavy atom. The smallest absolute Gasteiger partial charge is 0.240 e. The summed E-state index contributed by atoms with van der Waals surface area (Å²) in [5, 5.41) is 7.33. The number of ether oxygens (including phenoxy) is 1. The molecule has 0 aromatic carbocycles. The number of halogens is 3. The quantitative estimate of drug-likeness (QED) is 0.595. The number of thiophene rings is 1. The number of hydrogen-bond acceptors (Lipinski definition) is 7. The number of nitrogens with zero attached hydrogens (tertiary/aromatic N) is 3. The number of piperidine rings is 1. The Bertz CT molecular complexity index is 948. The predicted molar refractivity (Wildman–Crippen MR) is 108 cm³/mol. The lowest BCUT2D eigenvalue weighted by atomic mass is 10.1. The number of anilines is 2. The summed E-state index contributed by atoms with van der Waals surface area (Å²) in [7, 11) is 0. The van der Waals surface area contributed by atoms with E-state index in [0.717, 1.165) is 35.2 Å². The van der Waals surface area contributed by atoms with Crippen molar-refractivity contribution in [3.8, 4) is 5.88 Å². The third kappa shape index (κ3) is 4.24. The lowest BCUT2D eigenvalue weighted by molar-refractivity contribution is 0.160. The van der Waals surface area contributed by atoms with Crippen molar-refractivity contribution in [2.75, 3.05) is 18.4 Å². The van der Waals surface area contributed by atoms with Crippen LogP contribution in [0.2, 0.25) is 4.34 Å². The van der Waals surface area contributed by atoms with Crippen LogP contribution < -0.4 is 15.4 Å². The summed E-state index contributed by atoms with van der Waals surface area (Å²) < 4.78 is 20.3. The van der Waals surface area contributed by atoms with Gasteiger partial charge in [0.05, 0.1) is 9.72 Å².